The van der Waals surface area contributed by atoms with Crippen LogP contribution in [0.15, 0.2) is 18.2 Å². The first-order chi connectivity index (χ1) is 10.1. The third-order valence-electron chi connectivity index (χ3n) is 3.09. The van der Waals surface area contributed by atoms with Crippen LogP contribution in [0.4, 0.5) is 5.69 Å². The molecule has 2 rings (SSSR count). The van der Waals surface area contributed by atoms with Gasteiger partial charge < -0.3 is 14.6 Å². The van der Waals surface area contributed by atoms with E-state index < -0.39 is 10.2 Å². The molecule has 0 aromatic heterocycles. The quantitative estimate of drug-likeness (QED) is 0.801. The molecule has 1 aromatic rings. The summed E-state index contributed by atoms with van der Waals surface area (Å²) < 4.78 is 38.8. The molecule has 1 aromatic carbocycles. The summed E-state index contributed by atoms with van der Waals surface area (Å²) in [6.07, 6.45) is 0. The van der Waals surface area contributed by atoms with E-state index in [0.29, 0.717) is 49.9 Å². The second-order valence-corrected chi connectivity index (χ2v) is 6.20. The number of hydrogen-bond donors (Lipinski definition) is 2. The SMILES string of the molecule is CCOc1ccc(NS(=O)(=O)N2CCOCC2)cc1CO. The number of nitrogens with one attached hydrogen (secondary N) is 1. The van der Waals surface area contributed by atoms with Crippen LogP contribution in [0.5, 0.6) is 5.75 Å². The van der Waals surface area contributed by atoms with Crippen molar-refractivity contribution in [2.45, 2.75) is 13.5 Å². The number of aliphatic hydroxyl groups is 1. The van der Waals surface area contributed by atoms with E-state index in [9.17, 15) is 13.5 Å². The minimum Gasteiger partial charge on any atom is -0.494 e. The van der Waals surface area contributed by atoms with Crippen molar-refractivity contribution in [3.8, 4) is 5.75 Å². The van der Waals surface area contributed by atoms with Crippen LogP contribution in [0.1, 0.15) is 12.5 Å². The molecule has 8 heteroatoms. The van der Waals surface area contributed by atoms with Crippen molar-refractivity contribution in [3.63, 3.8) is 0 Å². The summed E-state index contributed by atoms with van der Waals surface area (Å²) in [5, 5.41) is 9.33. The zero-order valence-corrected chi connectivity index (χ0v) is 12.7. The molecular weight excluding hydrogens is 296 g/mol. The Balaban J connectivity index is 2.14. The first-order valence-electron chi connectivity index (χ1n) is 6.79. The summed E-state index contributed by atoms with van der Waals surface area (Å²) in [5.41, 5.74) is 0.938. The Morgan fingerprint density at radius 3 is 2.71 bits per heavy atom. The number of nitrogens with zero attached hydrogens (tertiary/aromatic N) is 1. The second-order valence-electron chi connectivity index (χ2n) is 4.53. The topological polar surface area (TPSA) is 88.1 Å². The third-order valence-corrected chi connectivity index (χ3v) is 4.63. The van der Waals surface area contributed by atoms with Crippen molar-refractivity contribution in [3.05, 3.63) is 23.8 Å². The van der Waals surface area contributed by atoms with Gasteiger partial charge in [0.15, 0.2) is 0 Å². The van der Waals surface area contributed by atoms with Crippen molar-refractivity contribution in [2.24, 2.45) is 0 Å². The first kappa shape index (κ1) is 16.0. The fourth-order valence-electron chi connectivity index (χ4n) is 2.06. The smallest absolute Gasteiger partial charge is 0.301 e. The average molecular weight is 316 g/mol. The fraction of sp³-hybridized carbons (Fsp3) is 0.538. The molecule has 0 radical (unpaired) electrons. The van der Waals surface area contributed by atoms with Crippen LogP contribution in [0.2, 0.25) is 0 Å². The van der Waals surface area contributed by atoms with E-state index in [1.54, 1.807) is 18.2 Å². The molecule has 1 saturated heterocycles. The van der Waals surface area contributed by atoms with Crippen LogP contribution in [-0.4, -0.2) is 50.7 Å². The molecule has 1 aliphatic rings. The number of anilines is 1. The number of aliphatic hydroxyl groups excluding tert-OH is 1. The highest BCUT2D eigenvalue weighted by Crippen LogP contribution is 2.24. The zero-order valence-electron chi connectivity index (χ0n) is 11.9. The Bertz CT molecular complexity index is 570. The van der Waals surface area contributed by atoms with Gasteiger partial charge in [-0.1, -0.05) is 0 Å². The lowest BCUT2D eigenvalue weighted by Gasteiger charge is -2.26. The molecule has 0 atom stereocenters. The predicted octanol–water partition coefficient (Wildman–Crippen LogP) is 0.566. The van der Waals surface area contributed by atoms with Crippen LogP contribution in [-0.2, 0) is 21.6 Å². The van der Waals surface area contributed by atoms with Crippen LogP contribution in [0, 0.1) is 0 Å². The molecule has 0 aliphatic carbocycles. The number of ether oxygens (including phenoxy) is 2. The second kappa shape index (κ2) is 7.08. The Kier molecular flexibility index (Phi) is 5.40. The van der Waals surface area contributed by atoms with Crippen molar-refractivity contribution < 1.29 is 23.0 Å². The van der Waals surface area contributed by atoms with Gasteiger partial charge in [-0.3, -0.25) is 4.72 Å². The molecule has 0 spiro atoms. The lowest BCUT2D eigenvalue weighted by molar-refractivity contribution is 0.0733. The van der Waals surface area contributed by atoms with Crippen molar-refractivity contribution in [2.75, 3.05) is 37.6 Å². The molecule has 0 bridgehead atoms. The summed E-state index contributed by atoms with van der Waals surface area (Å²) in [6, 6.07) is 4.83. The van der Waals surface area contributed by atoms with E-state index in [-0.39, 0.29) is 6.61 Å². The van der Waals surface area contributed by atoms with Crippen LogP contribution < -0.4 is 9.46 Å². The highest BCUT2D eigenvalue weighted by Gasteiger charge is 2.24. The van der Waals surface area contributed by atoms with Gasteiger partial charge in [0.2, 0.25) is 0 Å². The third kappa shape index (κ3) is 4.07. The van der Waals surface area contributed by atoms with Gasteiger partial charge in [0, 0.05) is 18.7 Å². The lowest BCUT2D eigenvalue weighted by Crippen LogP contribution is -2.43. The fourth-order valence-corrected chi connectivity index (χ4v) is 3.25. The van der Waals surface area contributed by atoms with Gasteiger partial charge in [0.05, 0.1) is 32.1 Å². The van der Waals surface area contributed by atoms with E-state index in [1.807, 2.05) is 6.92 Å². The maximum Gasteiger partial charge on any atom is 0.301 e. The maximum absolute atomic E-state index is 12.2. The van der Waals surface area contributed by atoms with Gasteiger partial charge in [-0.05, 0) is 25.1 Å². The van der Waals surface area contributed by atoms with Crippen molar-refractivity contribution >= 4 is 15.9 Å². The van der Waals surface area contributed by atoms with E-state index in [2.05, 4.69) is 4.72 Å². The van der Waals surface area contributed by atoms with E-state index in [1.165, 1.54) is 4.31 Å². The summed E-state index contributed by atoms with van der Waals surface area (Å²) in [4.78, 5) is 0. The van der Waals surface area contributed by atoms with Gasteiger partial charge in [-0.2, -0.15) is 12.7 Å². The highest BCUT2D eigenvalue weighted by molar-refractivity contribution is 7.90. The van der Waals surface area contributed by atoms with E-state index >= 15 is 0 Å². The summed E-state index contributed by atoms with van der Waals surface area (Å²) >= 11 is 0. The molecule has 0 amide bonds. The summed E-state index contributed by atoms with van der Waals surface area (Å²) in [7, 11) is -3.61. The molecule has 0 unspecified atom stereocenters. The molecular formula is C13H20N2O5S. The van der Waals surface area contributed by atoms with Crippen LogP contribution in [0.3, 0.4) is 0 Å². The molecule has 21 heavy (non-hydrogen) atoms. The minimum absolute atomic E-state index is 0.220. The van der Waals surface area contributed by atoms with Crippen molar-refractivity contribution in [1.29, 1.82) is 0 Å². The Hall–Kier alpha value is -1.35. The average Bonchev–Trinajstić information content (AvgIpc) is 2.49. The summed E-state index contributed by atoms with van der Waals surface area (Å²) in [6.45, 7) is 3.56. The molecule has 1 aliphatic heterocycles. The highest BCUT2D eigenvalue weighted by atomic mass is 32.2. The molecule has 1 fully saturated rings. The normalized spacial score (nSPS) is 16.7. The molecule has 1 heterocycles. The van der Waals surface area contributed by atoms with E-state index in [0.717, 1.165) is 0 Å². The standard InChI is InChI=1S/C13H20N2O5S/c1-2-20-13-4-3-12(9-11(13)10-16)14-21(17,18)15-5-7-19-8-6-15/h3-4,9,14,16H,2,5-8,10H2,1H3. The monoisotopic (exact) mass is 316 g/mol. The van der Waals surface area contributed by atoms with Gasteiger partial charge >= 0.3 is 10.2 Å². The molecule has 0 saturated carbocycles. The van der Waals surface area contributed by atoms with Gasteiger partial charge in [-0.25, -0.2) is 0 Å². The van der Waals surface area contributed by atoms with Gasteiger partial charge in [-0.15, -0.1) is 0 Å². The minimum atomic E-state index is -3.61. The predicted molar refractivity (Wildman–Crippen MR) is 78.5 cm³/mol. The van der Waals surface area contributed by atoms with E-state index in [4.69, 9.17) is 9.47 Å². The maximum atomic E-state index is 12.2. The summed E-state index contributed by atoms with van der Waals surface area (Å²) in [5.74, 6) is 0.550. The number of hydrogen-bond acceptors (Lipinski definition) is 5. The number of rotatable bonds is 6. The van der Waals surface area contributed by atoms with Crippen molar-refractivity contribution in [1.82, 2.24) is 4.31 Å². The molecule has 7 nitrogen and oxygen atoms in total. The zero-order chi connectivity index (χ0) is 15.3. The number of benzene rings is 1. The first-order valence-corrected chi connectivity index (χ1v) is 8.23. The number of morpholine rings is 1. The van der Waals surface area contributed by atoms with Gasteiger partial charge in [0.25, 0.3) is 0 Å². The Labute approximate surface area is 124 Å². The van der Waals surface area contributed by atoms with Crippen LogP contribution in [0.25, 0.3) is 0 Å². The molecule has 118 valence electrons. The van der Waals surface area contributed by atoms with Crippen LogP contribution >= 0.6 is 0 Å². The van der Waals surface area contributed by atoms with Gasteiger partial charge in [0.1, 0.15) is 5.75 Å². The lowest BCUT2D eigenvalue weighted by atomic mass is 10.2. The Morgan fingerprint density at radius 1 is 1.38 bits per heavy atom. The molecule has 2 N–H and O–H groups in total. The largest absolute Gasteiger partial charge is 0.494 e. The Morgan fingerprint density at radius 2 is 2.10 bits per heavy atom.